The highest BCUT2D eigenvalue weighted by atomic mass is 35.5. The van der Waals surface area contributed by atoms with Crippen LogP contribution in [-0.2, 0) is 9.53 Å². The molecule has 4 nitrogen and oxygen atoms in total. The van der Waals surface area contributed by atoms with Crippen molar-refractivity contribution in [1.82, 2.24) is 0 Å². The Balaban J connectivity index is 2.43. The Morgan fingerprint density at radius 2 is 1.81 bits per heavy atom. The van der Waals surface area contributed by atoms with Gasteiger partial charge in [-0.2, -0.15) is 0 Å². The molecule has 0 aliphatic heterocycles. The lowest BCUT2D eigenvalue weighted by molar-refractivity contribution is -0.137. The van der Waals surface area contributed by atoms with Crippen molar-refractivity contribution in [3.63, 3.8) is 0 Å². The van der Waals surface area contributed by atoms with Crippen molar-refractivity contribution in [2.24, 2.45) is 0 Å². The second-order valence-corrected chi connectivity index (χ2v) is 4.43. The molecule has 1 rings (SSSR count). The van der Waals surface area contributed by atoms with Gasteiger partial charge in [-0.15, -0.1) is 0 Å². The van der Waals surface area contributed by atoms with E-state index in [1.165, 1.54) is 11.6 Å². The molecule has 114 valence electrons. The zero-order valence-corrected chi connectivity index (χ0v) is 12.9. The number of rotatable bonds is 8. The summed E-state index contributed by atoms with van der Waals surface area (Å²) in [5.74, 6) is 1.08. The van der Waals surface area contributed by atoms with Crippen molar-refractivity contribution in [3.8, 4) is 11.5 Å². The van der Waals surface area contributed by atoms with Crippen LogP contribution in [0, 0.1) is 0 Å². The van der Waals surface area contributed by atoms with Crippen molar-refractivity contribution in [2.75, 3.05) is 19.8 Å². The molecule has 0 aromatic heterocycles. The van der Waals surface area contributed by atoms with Crippen LogP contribution in [0.1, 0.15) is 13.8 Å². The summed E-state index contributed by atoms with van der Waals surface area (Å²) in [5.41, 5.74) is 2.21. The molecule has 1 aromatic carbocycles. The first-order chi connectivity index (χ1) is 10.2. The summed E-state index contributed by atoms with van der Waals surface area (Å²) < 4.78 is 15.8. The number of carbonyl (C=O) groups is 1. The molecule has 21 heavy (non-hydrogen) atoms. The highest BCUT2D eigenvalue weighted by Crippen LogP contribution is 2.18. The smallest absolute Gasteiger partial charge is 0.330 e. The Morgan fingerprint density at radius 3 is 2.38 bits per heavy atom. The van der Waals surface area contributed by atoms with Gasteiger partial charge >= 0.3 is 5.97 Å². The highest BCUT2D eigenvalue weighted by molar-refractivity contribution is 6.25. The lowest BCUT2D eigenvalue weighted by Gasteiger charge is -2.08. The molecule has 0 saturated carbocycles. The molecule has 0 saturated heterocycles. The average Bonchev–Trinajstić information content (AvgIpc) is 2.47. The number of carbonyl (C=O) groups excluding carboxylic acids is 1. The zero-order chi connectivity index (χ0) is 15.5. The van der Waals surface area contributed by atoms with E-state index in [0.717, 1.165) is 11.3 Å². The number of hydrogen-bond donors (Lipinski definition) is 0. The minimum atomic E-state index is -0.352. The first-order valence-electron chi connectivity index (χ1n) is 6.60. The number of benzene rings is 1. The molecule has 0 N–H and O–H groups in total. The molecule has 1 aromatic rings. The van der Waals surface area contributed by atoms with Crippen LogP contribution in [0.4, 0.5) is 0 Å². The summed E-state index contributed by atoms with van der Waals surface area (Å²) in [5, 5.41) is 0. The van der Waals surface area contributed by atoms with Gasteiger partial charge in [-0.3, -0.25) is 0 Å². The summed E-state index contributed by atoms with van der Waals surface area (Å²) in [6.07, 6.45) is 3.13. The number of hydrogen-bond acceptors (Lipinski definition) is 4. The summed E-state index contributed by atoms with van der Waals surface area (Å²) in [7, 11) is 0. The summed E-state index contributed by atoms with van der Waals surface area (Å²) in [4.78, 5) is 11.2. The predicted octanol–water partition coefficient (Wildman–Crippen LogP) is 3.71. The van der Waals surface area contributed by atoms with Gasteiger partial charge in [0.2, 0.25) is 0 Å². The van der Waals surface area contributed by atoms with Gasteiger partial charge in [-0.25, -0.2) is 4.79 Å². The van der Waals surface area contributed by atoms with E-state index >= 15 is 0 Å². The molecule has 0 heterocycles. The maximum atomic E-state index is 11.2. The van der Waals surface area contributed by atoms with Crippen LogP contribution in [0.3, 0.4) is 0 Å². The predicted molar refractivity (Wildman–Crippen MR) is 82.8 cm³/mol. The fourth-order valence-electron chi connectivity index (χ4n) is 1.44. The van der Waals surface area contributed by atoms with Crippen molar-refractivity contribution < 1.29 is 19.0 Å². The topological polar surface area (TPSA) is 44.8 Å². The number of ether oxygens (including phenoxy) is 3. The molecular formula is C16H19ClO4. The van der Waals surface area contributed by atoms with E-state index in [9.17, 15) is 4.79 Å². The fraction of sp³-hybridized carbons (Fsp3) is 0.312. The number of halogens is 1. The molecule has 5 heteroatoms. The second kappa shape index (κ2) is 9.88. The van der Waals surface area contributed by atoms with Crippen molar-refractivity contribution in [3.05, 3.63) is 47.5 Å². The molecular weight excluding hydrogens is 292 g/mol. The van der Waals surface area contributed by atoms with Crippen molar-refractivity contribution in [2.45, 2.75) is 13.8 Å². The van der Waals surface area contributed by atoms with E-state index in [1.54, 1.807) is 25.1 Å². The van der Waals surface area contributed by atoms with E-state index in [-0.39, 0.29) is 5.97 Å². The standard InChI is InChI=1S/C16H19ClO4/c1-3-19-16(18)11-13(2)12-21-15-7-5-14(6-8-15)20-10-4-9-17/h4-9,11H,3,10,12H2,1-2H3. The van der Waals surface area contributed by atoms with Gasteiger partial charge in [0.05, 0.1) is 6.61 Å². The van der Waals surface area contributed by atoms with Gasteiger partial charge in [0.25, 0.3) is 0 Å². The lowest BCUT2D eigenvalue weighted by Crippen LogP contribution is -2.04. The van der Waals surface area contributed by atoms with Crippen LogP contribution >= 0.6 is 11.6 Å². The summed E-state index contributed by atoms with van der Waals surface area (Å²) in [6, 6.07) is 7.22. The van der Waals surface area contributed by atoms with Gasteiger partial charge < -0.3 is 14.2 Å². The maximum absolute atomic E-state index is 11.2. The first kappa shape index (κ1) is 17.1. The molecule has 0 spiro atoms. The zero-order valence-electron chi connectivity index (χ0n) is 12.2. The highest BCUT2D eigenvalue weighted by Gasteiger charge is 2.00. The van der Waals surface area contributed by atoms with Gasteiger partial charge in [-0.05, 0) is 49.8 Å². The Labute approximate surface area is 130 Å². The van der Waals surface area contributed by atoms with E-state index in [2.05, 4.69) is 0 Å². The normalized spacial score (nSPS) is 11.5. The molecule has 0 radical (unpaired) electrons. The lowest BCUT2D eigenvalue weighted by atomic mass is 10.3. The van der Waals surface area contributed by atoms with E-state index < -0.39 is 0 Å². The third kappa shape index (κ3) is 7.42. The van der Waals surface area contributed by atoms with Gasteiger partial charge in [0.15, 0.2) is 0 Å². The van der Waals surface area contributed by atoms with E-state index in [1.807, 2.05) is 19.1 Å². The Kier molecular flexibility index (Phi) is 8.05. The summed E-state index contributed by atoms with van der Waals surface area (Å²) >= 11 is 5.40. The quantitative estimate of drug-likeness (QED) is 0.542. The molecule has 0 atom stereocenters. The van der Waals surface area contributed by atoms with Crippen LogP contribution in [0.15, 0.2) is 47.5 Å². The average molecular weight is 311 g/mol. The molecule has 0 fully saturated rings. The second-order valence-electron chi connectivity index (χ2n) is 4.18. The summed E-state index contributed by atoms with van der Waals surface area (Å²) in [6.45, 7) is 4.69. The third-order valence-corrected chi connectivity index (χ3v) is 2.55. The minimum Gasteiger partial charge on any atom is -0.489 e. The third-order valence-electron chi connectivity index (χ3n) is 2.38. The van der Waals surface area contributed by atoms with Gasteiger partial charge in [0.1, 0.15) is 24.7 Å². The Morgan fingerprint density at radius 1 is 1.19 bits per heavy atom. The molecule has 0 aliphatic carbocycles. The van der Waals surface area contributed by atoms with Gasteiger partial charge in [0, 0.05) is 11.6 Å². The number of esters is 1. The van der Waals surface area contributed by atoms with Crippen LogP contribution in [0.2, 0.25) is 0 Å². The monoisotopic (exact) mass is 310 g/mol. The SMILES string of the molecule is CCOC(=O)C=C(C)COc1ccc(OCC=CCl)cc1. The van der Waals surface area contributed by atoms with E-state index in [4.69, 9.17) is 25.8 Å². The Bertz CT molecular complexity index is 492. The van der Waals surface area contributed by atoms with Crippen LogP contribution in [-0.4, -0.2) is 25.8 Å². The largest absolute Gasteiger partial charge is 0.489 e. The van der Waals surface area contributed by atoms with Gasteiger partial charge in [-0.1, -0.05) is 11.6 Å². The first-order valence-corrected chi connectivity index (χ1v) is 7.04. The van der Waals surface area contributed by atoms with Crippen LogP contribution in [0.5, 0.6) is 11.5 Å². The molecule has 0 amide bonds. The van der Waals surface area contributed by atoms with Crippen LogP contribution < -0.4 is 9.47 Å². The van der Waals surface area contributed by atoms with E-state index in [0.29, 0.717) is 25.6 Å². The maximum Gasteiger partial charge on any atom is 0.330 e. The van der Waals surface area contributed by atoms with Crippen molar-refractivity contribution >= 4 is 17.6 Å². The van der Waals surface area contributed by atoms with Crippen molar-refractivity contribution in [1.29, 1.82) is 0 Å². The van der Waals surface area contributed by atoms with Crippen LogP contribution in [0.25, 0.3) is 0 Å². The fourth-order valence-corrected chi connectivity index (χ4v) is 1.51. The molecule has 0 unspecified atom stereocenters. The Hall–Kier alpha value is -1.94. The molecule has 0 bridgehead atoms. The molecule has 0 aliphatic rings. The minimum absolute atomic E-state index is 0.327.